The molecule has 3 aromatic rings. The highest BCUT2D eigenvalue weighted by Crippen LogP contribution is 2.33. The SMILES string of the molecule is COc1c(Cn2ccnc2)cc(C(C)(C)C)cc1Cn1ccnc1. The van der Waals surface area contributed by atoms with E-state index in [1.807, 2.05) is 25.0 Å². The smallest absolute Gasteiger partial charge is 0.128 e. The van der Waals surface area contributed by atoms with Crippen molar-refractivity contribution in [2.24, 2.45) is 0 Å². The molecule has 0 radical (unpaired) electrons. The van der Waals surface area contributed by atoms with Crippen molar-refractivity contribution < 1.29 is 4.74 Å². The summed E-state index contributed by atoms with van der Waals surface area (Å²) in [4.78, 5) is 8.28. The molecular weight excluding hydrogens is 300 g/mol. The van der Waals surface area contributed by atoms with Gasteiger partial charge in [-0.05, 0) is 23.1 Å². The molecule has 0 fully saturated rings. The Kier molecular flexibility index (Phi) is 4.42. The summed E-state index contributed by atoms with van der Waals surface area (Å²) in [5.41, 5.74) is 3.70. The van der Waals surface area contributed by atoms with Gasteiger partial charge >= 0.3 is 0 Å². The number of nitrogens with zero attached hydrogens (tertiary/aromatic N) is 4. The lowest BCUT2D eigenvalue weighted by molar-refractivity contribution is 0.401. The van der Waals surface area contributed by atoms with Gasteiger partial charge in [0.2, 0.25) is 0 Å². The van der Waals surface area contributed by atoms with E-state index in [2.05, 4.69) is 52.0 Å². The third-order valence-electron chi connectivity index (χ3n) is 4.14. The highest BCUT2D eigenvalue weighted by molar-refractivity contribution is 5.47. The van der Waals surface area contributed by atoms with E-state index < -0.39 is 0 Å². The largest absolute Gasteiger partial charge is 0.496 e. The van der Waals surface area contributed by atoms with Crippen LogP contribution in [0.25, 0.3) is 0 Å². The van der Waals surface area contributed by atoms with Crippen LogP contribution in [0, 0.1) is 0 Å². The minimum absolute atomic E-state index is 0.0691. The molecule has 126 valence electrons. The van der Waals surface area contributed by atoms with Crippen LogP contribution in [0.15, 0.2) is 49.6 Å². The molecular formula is C19H24N4O. The monoisotopic (exact) mass is 324 g/mol. The number of ether oxygens (including phenoxy) is 1. The molecule has 0 saturated heterocycles. The number of aromatic nitrogens is 4. The van der Waals surface area contributed by atoms with Crippen molar-refractivity contribution in [1.82, 2.24) is 19.1 Å². The second-order valence-electron chi connectivity index (χ2n) is 7.05. The average Bonchev–Trinajstić information content (AvgIpc) is 3.20. The first-order chi connectivity index (χ1) is 11.5. The minimum atomic E-state index is 0.0691. The lowest BCUT2D eigenvalue weighted by atomic mass is 9.84. The molecule has 0 N–H and O–H groups in total. The molecule has 0 saturated carbocycles. The third-order valence-corrected chi connectivity index (χ3v) is 4.14. The number of imidazole rings is 2. The molecule has 0 atom stereocenters. The Morgan fingerprint density at radius 2 is 1.42 bits per heavy atom. The molecule has 0 unspecified atom stereocenters. The van der Waals surface area contributed by atoms with Gasteiger partial charge in [0.1, 0.15) is 5.75 Å². The molecule has 0 aliphatic carbocycles. The van der Waals surface area contributed by atoms with Gasteiger partial charge in [-0.15, -0.1) is 0 Å². The van der Waals surface area contributed by atoms with Crippen LogP contribution in [0.2, 0.25) is 0 Å². The molecule has 0 spiro atoms. The Balaban J connectivity index is 2.07. The highest BCUT2D eigenvalue weighted by Gasteiger charge is 2.20. The maximum absolute atomic E-state index is 5.77. The van der Waals surface area contributed by atoms with Crippen LogP contribution in [0.3, 0.4) is 0 Å². The van der Waals surface area contributed by atoms with E-state index in [0.717, 1.165) is 30.0 Å². The number of methoxy groups -OCH3 is 1. The summed E-state index contributed by atoms with van der Waals surface area (Å²) in [6.07, 6.45) is 11.2. The summed E-state index contributed by atoms with van der Waals surface area (Å²) in [5.74, 6) is 0.936. The lowest BCUT2D eigenvalue weighted by Crippen LogP contribution is -2.14. The summed E-state index contributed by atoms with van der Waals surface area (Å²) < 4.78 is 9.90. The zero-order valence-corrected chi connectivity index (χ0v) is 14.7. The summed E-state index contributed by atoms with van der Waals surface area (Å²) in [5, 5.41) is 0. The van der Waals surface area contributed by atoms with Crippen LogP contribution in [0.1, 0.15) is 37.5 Å². The van der Waals surface area contributed by atoms with Crippen LogP contribution in [-0.4, -0.2) is 26.2 Å². The number of hydrogen-bond acceptors (Lipinski definition) is 3. The van der Waals surface area contributed by atoms with Crippen LogP contribution in [-0.2, 0) is 18.5 Å². The average molecular weight is 324 g/mol. The van der Waals surface area contributed by atoms with Gasteiger partial charge < -0.3 is 13.9 Å². The molecule has 2 aromatic heterocycles. The molecule has 0 bridgehead atoms. The van der Waals surface area contributed by atoms with E-state index in [1.165, 1.54) is 5.56 Å². The molecule has 2 heterocycles. The van der Waals surface area contributed by atoms with E-state index in [0.29, 0.717) is 0 Å². The predicted octanol–water partition coefficient (Wildman–Crippen LogP) is 3.48. The van der Waals surface area contributed by atoms with Gasteiger partial charge in [0.25, 0.3) is 0 Å². The van der Waals surface area contributed by atoms with E-state index in [-0.39, 0.29) is 5.41 Å². The Morgan fingerprint density at radius 1 is 0.917 bits per heavy atom. The van der Waals surface area contributed by atoms with Crippen molar-refractivity contribution >= 4 is 0 Å². The summed E-state index contributed by atoms with van der Waals surface area (Å²) in [6.45, 7) is 8.18. The van der Waals surface area contributed by atoms with E-state index in [9.17, 15) is 0 Å². The molecule has 1 aromatic carbocycles. The fraction of sp³-hybridized carbons (Fsp3) is 0.368. The van der Waals surface area contributed by atoms with Crippen LogP contribution in [0.5, 0.6) is 5.75 Å². The molecule has 3 rings (SSSR count). The number of rotatable bonds is 5. The Hall–Kier alpha value is -2.56. The van der Waals surface area contributed by atoms with Crippen LogP contribution < -0.4 is 4.74 Å². The fourth-order valence-corrected chi connectivity index (χ4v) is 2.84. The molecule has 24 heavy (non-hydrogen) atoms. The van der Waals surface area contributed by atoms with E-state index in [1.54, 1.807) is 19.5 Å². The van der Waals surface area contributed by atoms with Crippen molar-refractivity contribution in [3.63, 3.8) is 0 Å². The van der Waals surface area contributed by atoms with Crippen molar-refractivity contribution in [1.29, 1.82) is 0 Å². The second kappa shape index (κ2) is 6.51. The number of benzene rings is 1. The Morgan fingerprint density at radius 3 is 1.75 bits per heavy atom. The van der Waals surface area contributed by atoms with Gasteiger partial charge in [-0.25, -0.2) is 9.97 Å². The minimum Gasteiger partial charge on any atom is -0.496 e. The Bertz CT molecular complexity index is 726. The van der Waals surface area contributed by atoms with Gasteiger partial charge in [-0.2, -0.15) is 0 Å². The molecule has 0 aliphatic rings. The summed E-state index contributed by atoms with van der Waals surface area (Å²) in [6, 6.07) is 4.49. The van der Waals surface area contributed by atoms with Gasteiger partial charge in [0.05, 0.1) is 32.9 Å². The zero-order chi connectivity index (χ0) is 17.2. The van der Waals surface area contributed by atoms with Gasteiger partial charge in [-0.1, -0.05) is 20.8 Å². The van der Waals surface area contributed by atoms with Gasteiger partial charge in [0.15, 0.2) is 0 Å². The third kappa shape index (κ3) is 3.50. The number of hydrogen-bond donors (Lipinski definition) is 0. The first kappa shape index (κ1) is 16.3. The van der Waals surface area contributed by atoms with E-state index in [4.69, 9.17) is 4.74 Å². The van der Waals surface area contributed by atoms with E-state index >= 15 is 0 Å². The lowest BCUT2D eigenvalue weighted by Gasteiger charge is -2.24. The molecule has 5 heteroatoms. The molecule has 0 amide bonds. The van der Waals surface area contributed by atoms with Crippen molar-refractivity contribution in [3.05, 3.63) is 66.3 Å². The fourth-order valence-electron chi connectivity index (χ4n) is 2.84. The van der Waals surface area contributed by atoms with Crippen LogP contribution in [0.4, 0.5) is 0 Å². The van der Waals surface area contributed by atoms with Gasteiger partial charge in [-0.3, -0.25) is 0 Å². The Labute approximate surface area is 142 Å². The van der Waals surface area contributed by atoms with Crippen molar-refractivity contribution in [2.75, 3.05) is 7.11 Å². The topological polar surface area (TPSA) is 44.9 Å². The maximum atomic E-state index is 5.77. The van der Waals surface area contributed by atoms with Crippen molar-refractivity contribution in [2.45, 2.75) is 39.3 Å². The first-order valence-electron chi connectivity index (χ1n) is 8.09. The first-order valence-corrected chi connectivity index (χ1v) is 8.09. The van der Waals surface area contributed by atoms with Crippen molar-refractivity contribution in [3.8, 4) is 5.75 Å². The molecule has 0 aliphatic heterocycles. The molecule has 5 nitrogen and oxygen atoms in total. The zero-order valence-electron chi connectivity index (χ0n) is 14.7. The maximum Gasteiger partial charge on any atom is 0.128 e. The van der Waals surface area contributed by atoms with Gasteiger partial charge in [0, 0.05) is 35.9 Å². The highest BCUT2D eigenvalue weighted by atomic mass is 16.5. The summed E-state index contributed by atoms with van der Waals surface area (Å²) in [7, 11) is 1.74. The predicted molar refractivity (Wildman–Crippen MR) is 94.4 cm³/mol. The summed E-state index contributed by atoms with van der Waals surface area (Å²) >= 11 is 0. The quantitative estimate of drug-likeness (QED) is 0.722. The standard InChI is InChI=1S/C19H24N4O/c1-19(2,3)17-9-15(11-22-7-5-20-13-22)18(24-4)16(10-17)12-23-8-6-21-14-23/h5-10,13-14H,11-12H2,1-4H3. The van der Waals surface area contributed by atoms with Crippen LogP contribution >= 0.6 is 0 Å². The second-order valence-corrected chi connectivity index (χ2v) is 7.05. The normalized spacial score (nSPS) is 11.7.